The van der Waals surface area contributed by atoms with E-state index in [1.54, 1.807) is 31.2 Å². The Kier molecular flexibility index (Phi) is 4.51. The molecule has 0 radical (unpaired) electrons. The van der Waals surface area contributed by atoms with Gasteiger partial charge in [-0.25, -0.2) is 0 Å². The fraction of sp³-hybridized carbons (Fsp3) is 0.333. The number of amides is 1. The van der Waals surface area contributed by atoms with Gasteiger partial charge in [-0.1, -0.05) is 6.07 Å². The maximum absolute atomic E-state index is 11.7. The summed E-state index contributed by atoms with van der Waals surface area (Å²) in [7, 11) is 0. The first-order valence-electron chi connectivity index (χ1n) is 5.37. The van der Waals surface area contributed by atoms with Crippen molar-refractivity contribution in [3.63, 3.8) is 0 Å². The summed E-state index contributed by atoms with van der Waals surface area (Å²) in [6, 6.07) is 6.46. The van der Waals surface area contributed by atoms with Crippen molar-refractivity contribution in [1.82, 2.24) is 5.32 Å². The number of nitrogens with two attached hydrogens (primary N) is 1. The Morgan fingerprint density at radius 3 is 2.76 bits per heavy atom. The second-order valence-electron chi connectivity index (χ2n) is 3.93. The molecule has 0 saturated carbocycles. The van der Waals surface area contributed by atoms with Crippen LogP contribution >= 0.6 is 0 Å². The average molecular weight is 236 g/mol. The molecule has 0 heterocycles. The highest BCUT2D eigenvalue weighted by Gasteiger charge is 2.10. The van der Waals surface area contributed by atoms with E-state index < -0.39 is 5.97 Å². The number of carbonyl (C=O) groups is 2. The molecular weight excluding hydrogens is 220 g/mol. The molecule has 0 spiro atoms. The van der Waals surface area contributed by atoms with Crippen molar-refractivity contribution in [2.75, 3.05) is 5.73 Å². The van der Waals surface area contributed by atoms with Crippen LogP contribution in [0.25, 0.3) is 0 Å². The fourth-order valence-electron chi connectivity index (χ4n) is 1.40. The zero-order valence-electron chi connectivity index (χ0n) is 9.64. The van der Waals surface area contributed by atoms with Crippen LogP contribution in [0, 0.1) is 0 Å². The molecule has 1 atom stereocenters. The molecule has 0 aliphatic rings. The fourth-order valence-corrected chi connectivity index (χ4v) is 1.40. The molecule has 0 bridgehead atoms. The molecule has 0 aliphatic carbocycles. The number of hydrogen-bond acceptors (Lipinski definition) is 3. The van der Waals surface area contributed by atoms with Crippen LogP contribution in [0.4, 0.5) is 5.69 Å². The highest BCUT2D eigenvalue weighted by molar-refractivity contribution is 5.95. The first kappa shape index (κ1) is 13.0. The monoisotopic (exact) mass is 236 g/mol. The van der Waals surface area contributed by atoms with Gasteiger partial charge >= 0.3 is 5.97 Å². The van der Waals surface area contributed by atoms with Gasteiger partial charge in [-0.15, -0.1) is 0 Å². The zero-order chi connectivity index (χ0) is 12.8. The SMILES string of the molecule is CC(CCC(=O)O)NC(=O)c1cccc(N)c1. The zero-order valence-corrected chi connectivity index (χ0v) is 9.64. The minimum absolute atomic E-state index is 0.0401. The van der Waals surface area contributed by atoms with Crippen molar-refractivity contribution in [3.8, 4) is 0 Å². The lowest BCUT2D eigenvalue weighted by Crippen LogP contribution is -2.32. The molecule has 1 aromatic rings. The van der Waals surface area contributed by atoms with Gasteiger partial charge in [-0.05, 0) is 31.5 Å². The lowest BCUT2D eigenvalue weighted by molar-refractivity contribution is -0.137. The molecular formula is C12H16N2O3. The van der Waals surface area contributed by atoms with E-state index in [1.807, 2.05) is 0 Å². The Balaban J connectivity index is 2.51. The normalized spacial score (nSPS) is 11.8. The van der Waals surface area contributed by atoms with Crippen LogP contribution < -0.4 is 11.1 Å². The van der Waals surface area contributed by atoms with Crippen molar-refractivity contribution in [2.24, 2.45) is 0 Å². The predicted molar refractivity (Wildman–Crippen MR) is 64.7 cm³/mol. The molecule has 1 aromatic carbocycles. The topological polar surface area (TPSA) is 92.4 Å². The molecule has 1 rings (SSSR count). The maximum Gasteiger partial charge on any atom is 0.303 e. The Hall–Kier alpha value is -2.04. The van der Waals surface area contributed by atoms with E-state index >= 15 is 0 Å². The number of carboxylic acids is 1. The Morgan fingerprint density at radius 2 is 2.18 bits per heavy atom. The van der Waals surface area contributed by atoms with Gasteiger partial charge in [0.2, 0.25) is 0 Å². The van der Waals surface area contributed by atoms with E-state index in [4.69, 9.17) is 10.8 Å². The van der Waals surface area contributed by atoms with Crippen molar-refractivity contribution >= 4 is 17.6 Å². The minimum Gasteiger partial charge on any atom is -0.481 e. The van der Waals surface area contributed by atoms with Crippen LogP contribution in [0.1, 0.15) is 30.1 Å². The smallest absolute Gasteiger partial charge is 0.303 e. The van der Waals surface area contributed by atoms with E-state index in [9.17, 15) is 9.59 Å². The van der Waals surface area contributed by atoms with Gasteiger partial charge in [-0.3, -0.25) is 9.59 Å². The molecule has 5 heteroatoms. The number of carbonyl (C=O) groups excluding carboxylic acids is 1. The molecule has 0 aliphatic heterocycles. The lowest BCUT2D eigenvalue weighted by Gasteiger charge is -2.12. The van der Waals surface area contributed by atoms with Gasteiger partial charge < -0.3 is 16.2 Å². The van der Waals surface area contributed by atoms with Gasteiger partial charge in [0.05, 0.1) is 0 Å². The summed E-state index contributed by atoms with van der Waals surface area (Å²) in [6.45, 7) is 1.77. The van der Waals surface area contributed by atoms with Gasteiger partial charge in [0.25, 0.3) is 5.91 Å². The third kappa shape index (κ3) is 4.55. The number of aliphatic carboxylic acids is 1. The molecule has 17 heavy (non-hydrogen) atoms. The van der Waals surface area contributed by atoms with E-state index in [0.29, 0.717) is 17.7 Å². The van der Waals surface area contributed by atoms with Crippen LogP contribution in [-0.2, 0) is 4.79 Å². The van der Waals surface area contributed by atoms with E-state index in [1.165, 1.54) is 0 Å². The van der Waals surface area contributed by atoms with Crippen molar-refractivity contribution in [3.05, 3.63) is 29.8 Å². The largest absolute Gasteiger partial charge is 0.481 e. The summed E-state index contributed by atoms with van der Waals surface area (Å²) < 4.78 is 0. The van der Waals surface area contributed by atoms with Crippen molar-refractivity contribution < 1.29 is 14.7 Å². The lowest BCUT2D eigenvalue weighted by atomic mass is 10.1. The summed E-state index contributed by atoms with van der Waals surface area (Å²) in [5.41, 5.74) is 6.57. The predicted octanol–water partition coefficient (Wildman–Crippen LogP) is 1.25. The van der Waals surface area contributed by atoms with Crippen molar-refractivity contribution in [2.45, 2.75) is 25.8 Å². The number of carboxylic acid groups (broad SMARTS) is 1. The van der Waals surface area contributed by atoms with Crippen LogP contribution in [0.5, 0.6) is 0 Å². The first-order chi connectivity index (χ1) is 7.99. The molecule has 1 unspecified atom stereocenters. The molecule has 1 amide bonds. The second kappa shape index (κ2) is 5.89. The Morgan fingerprint density at radius 1 is 1.47 bits per heavy atom. The van der Waals surface area contributed by atoms with E-state index in [2.05, 4.69) is 5.32 Å². The summed E-state index contributed by atoms with van der Waals surface area (Å²) in [5, 5.41) is 11.2. The number of rotatable bonds is 5. The van der Waals surface area contributed by atoms with Gasteiger partial charge in [0, 0.05) is 23.7 Å². The van der Waals surface area contributed by atoms with Crippen LogP contribution in [0.2, 0.25) is 0 Å². The second-order valence-corrected chi connectivity index (χ2v) is 3.93. The summed E-state index contributed by atoms with van der Waals surface area (Å²) in [5.74, 6) is -1.11. The number of nitrogen functional groups attached to an aromatic ring is 1. The number of nitrogens with one attached hydrogen (secondary N) is 1. The molecule has 0 aromatic heterocycles. The molecule has 92 valence electrons. The third-order valence-electron chi connectivity index (χ3n) is 2.32. The molecule has 5 nitrogen and oxygen atoms in total. The van der Waals surface area contributed by atoms with Gasteiger partial charge in [0.1, 0.15) is 0 Å². The first-order valence-corrected chi connectivity index (χ1v) is 5.37. The van der Waals surface area contributed by atoms with Crippen LogP contribution in [0.3, 0.4) is 0 Å². The van der Waals surface area contributed by atoms with Gasteiger partial charge in [0.15, 0.2) is 0 Å². The summed E-state index contributed by atoms with van der Waals surface area (Å²) in [6.07, 6.45) is 0.446. The Labute approximate surface area is 99.6 Å². The maximum atomic E-state index is 11.7. The van der Waals surface area contributed by atoms with Crippen LogP contribution in [0.15, 0.2) is 24.3 Å². The van der Waals surface area contributed by atoms with Gasteiger partial charge in [-0.2, -0.15) is 0 Å². The highest BCUT2D eigenvalue weighted by atomic mass is 16.4. The van der Waals surface area contributed by atoms with Crippen molar-refractivity contribution in [1.29, 1.82) is 0 Å². The molecule has 0 saturated heterocycles. The van der Waals surface area contributed by atoms with Crippen LogP contribution in [-0.4, -0.2) is 23.0 Å². The summed E-state index contributed by atoms with van der Waals surface area (Å²) >= 11 is 0. The molecule has 0 fully saturated rings. The molecule has 4 N–H and O–H groups in total. The number of anilines is 1. The quantitative estimate of drug-likeness (QED) is 0.671. The third-order valence-corrected chi connectivity index (χ3v) is 2.32. The minimum atomic E-state index is -0.866. The highest BCUT2D eigenvalue weighted by Crippen LogP contribution is 2.07. The summed E-state index contributed by atoms with van der Waals surface area (Å²) in [4.78, 5) is 22.1. The number of hydrogen-bond donors (Lipinski definition) is 3. The van der Waals surface area contributed by atoms with E-state index in [0.717, 1.165) is 0 Å². The standard InChI is InChI=1S/C12H16N2O3/c1-8(5-6-11(15)16)14-12(17)9-3-2-4-10(13)7-9/h2-4,7-8H,5-6,13H2,1H3,(H,14,17)(H,15,16). The Bertz CT molecular complexity index is 418. The van der Waals surface area contributed by atoms with E-state index in [-0.39, 0.29) is 18.4 Å². The average Bonchev–Trinajstić information content (AvgIpc) is 2.26. The number of benzene rings is 1.